The molecule has 7 atom stereocenters. The molecule has 2 fully saturated rings. The third-order valence-corrected chi connectivity index (χ3v) is 7.30. The predicted molar refractivity (Wildman–Crippen MR) is 91.7 cm³/mol. The molecule has 0 aliphatic heterocycles. The number of fused-ring (bicyclic) bond motifs is 3. The molecule has 2 saturated carbocycles. The number of rotatable bonds is 1. The molecule has 3 rings (SSSR count). The molecule has 0 spiro atoms. The standard InChI is InChI=1S/C20H32O3/c1-6-19(4)11-14(22)15-12(17(19)23)10-13(21)16-18(2,3)8-7-9-20(15,16)5/h6,10,13-17,21-23H,1,7-9,11H2,2-5H3/t13-,14+,15+,16-,17+,19-,20+/m0/s1. The maximum absolute atomic E-state index is 11.0. The molecule has 0 heterocycles. The summed E-state index contributed by atoms with van der Waals surface area (Å²) in [6.07, 6.45) is 5.60. The highest BCUT2D eigenvalue weighted by Gasteiger charge is 2.61. The maximum atomic E-state index is 11.0. The van der Waals surface area contributed by atoms with E-state index in [1.165, 1.54) is 0 Å². The van der Waals surface area contributed by atoms with Crippen LogP contribution in [-0.2, 0) is 0 Å². The van der Waals surface area contributed by atoms with E-state index in [0.717, 1.165) is 24.8 Å². The first kappa shape index (κ1) is 17.2. The number of hydrogen-bond acceptors (Lipinski definition) is 3. The lowest BCUT2D eigenvalue weighted by Gasteiger charge is -2.62. The Balaban J connectivity index is 2.12. The summed E-state index contributed by atoms with van der Waals surface area (Å²) in [5.74, 6) is 0.0472. The van der Waals surface area contributed by atoms with Crippen molar-refractivity contribution in [3.05, 3.63) is 24.3 Å². The van der Waals surface area contributed by atoms with Crippen molar-refractivity contribution >= 4 is 0 Å². The van der Waals surface area contributed by atoms with Crippen molar-refractivity contribution in [2.75, 3.05) is 0 Å². The minimum atomic E-state index is -0.675. The van der Waals surface area contributed by atoms with Gasteiger partial charge in [0.05, 0.1) is 18.3 Å². The molecular formula is C20H32O3. The van der Waals surface area contributed by atoms with Crippen molar-refractivity contribution in [3.8, 4) is 0 Å². The Morgan fingerprint density at radius 3 is 2.39 bits per heavy atom. The molecule has 0 bridgehead atoms. The van der Waals surface area contributed by atoms with Gasteiger partial charge in [0.1, 0.15) is 0 Å². The molecule has 23 heavy (non-hydrogen) atoms. The quantitative estimate of drug-likeness (QED) is 0.651. The van der Waals surface area contributed by atoms with E-state index in [1.54, 1.807) is 6.08 Å². The van der Waals surface area contributed by atoms with Crippen LogP contribution in [0.15, 0.2) is 24.3 Å². The van der Waals surface area contributed by atoms with Crippen LogP contribution in [0.25, 0.3) is 0 Å². The molecule has 0 amide bonds. The van der Waals surface area contributed by atoms with Crippen molar-refractivity contribution in [2.24, 2.45) is 28.1 Å². The smallest absolute Gasteiger partial charge is 0.0843 e. The maximum Gasteiger partial charge on any atom is 0.0843 e. The van der Waals surface area contributed by atoms with Crippen molar-refractivity contribution in [3.63, 3.8) is 0 Å². The lowest BCUT2D eigenvalue weighted by atomic mass is 9.44. The summed E-state index contributed by atoms with van der Waals surface area (Å²) in [6.45, 7) is 12.5. The molecule has 0 aromatic heterocycles. The van der Waals surface area contributed by atoms with Crippen LogP contribution in [0.1, 0.15) is 53.4 Å². The molecule has 3 aliphatic rings. The van der Waals surface area contributed by atoms with E-state index in [1.807, 2.05) is 13.0 Å². The van der Waals surface area contributed by atoms with E-state index in [4.69, 9.17) is 0 Å². The molecule has 130 valence electrons. The van der Waals surface area contributed by atoms with Gasteiger partial charge in [-0.1, -0.05) is 46.3 Å². The van der Waals surface area contributed by atoms with Crippen LogP contribution in [0.5, 0.6) is 0 Å². The van der Waals surface area contributed by atoms with Crippen molar-refractivity contribution < 1.29 is 15.3 Å². The fraction of sp³-hybridized carbons (Fsp3) is 0.800. The van der Waals surface area contributed by atoms with Crippen LogP contribution in [0, 0.1) is 28.1 Å². The molecule has 3 N–H and O–H groups in total. The Bertz CT molecular complexity index is 537. The van der Waals surface area contributed by atoms with Gasteiger partial charge in [-0.05, 0) is 41.6 Å². The van der Waals surface area contributed by atoms with Gasteiger partial charge >= 0.3 is 0 Å². The first-order valence-corrected chi connectivity index (χ1v) is 8.96. The number of hydrogen-bond donors (Lipinski definition) is 3. The predicted octanol–water partition coefficient (Wildman–Crippen LogP) is 3.05. The summed E-state index contributed by atoms with van der Waals surface area (Å²) < 4.78 is 0. The molecule has 3 aliphatic carbocycles. The van der Waals surface area contributed by atoms with Crippen LogP contribution >= 0.6 is 0 Å². The van der Waals surface area contributed by atoms with Crippen molar-refractivity contribution in [1.82, 2.24) is 0 Å². The Morgan fingerprint density at radius 1 is 1.13 bits per heavy atom. The molecule has 0 aromatic rings. The highest BCUT2D eigenvalue weighted by atomic mass is 16.3. The molecule has 0 aromatic carbocycles. The highest BCUT2D eigenvalue weighted by molar-refractivity contribution is 5.33. The van der Waals surface area contributed by atoms with Crippen LogP contribution in [-0.4, -0.2) is 33.6 Å². The fourth-order valence-corrected chi connectivity index (χ4v) is 6.29. The van der Waals surface area contributed by atoms with Crippen LogP contribution in [0.4, 0.5) is 0 Å². The molecule has 0 saturated heterocycles. The van der Waals surface area contributed by atoms with E-state index in [9.17, 15) is 15.3 Å². The van der Waals surface area contributed by atoms with Gasteiger partial charge in [-0.15, -0.1) is 6.58 Å². The zero-order valence-corrected chi connectivity index (χ0v) is 14.9. The van der Waals surface area contributed by atoms with Crippen molar-refractivity contribution in [2.45, 2.75) is 71.7 Å². The summed E-state index contributed by atoms with van der Waals surface area (Å²) >= 11 is 0. The van der Waals surface area contributed by atoms with Crippen LogP contribution in [0.2, 0.25) is 0 Å². The zero-order chi connectivity index (χ0) is 17.2. The lowest BCUT2D eigenvalue weighted by Crippen LogP contribution is -2.61. The third kappa shape index (κ3) is 2.27. The normalized spacial score (nSPS) is 52.1. The second-order valence-corrected chi connectivity index (χ2v) is 9.34. The van der Waals surface area contributed by atoms with E-state index in [0.29, 0.717) is 6.42 Å². The van der Waals surface area contributed by atoms with Gasteiger partial charge in [-0.2, -0.15) is 0 Å². The first-order valence-electron chi connectivity index (χ1n) is 8.96. The average molecular weight is 320 g/mol. The summed E-state index contributed by atoms with van der Waals surface area (Å²) in [4.78, 5) is 0. The van der Waals surface area contributed by atoms with E-state index >= 15 is 0 Å². The molecule has 0 unspecified atom stereocenters. The van der Waals surface area contributed by atoms with Crippen LogP contribution < -0.4 is 0 Å². The minimum Gasteiger partial charge on any atom is -0.392 e. The third-order valence-electron chi connectivity index (χ3n) is 7.30. The Hall–Kier alpha value is -0.640. The Morgan fingerprint density at radius 2 is 1.78 bits per heavy atom. The molecule has 3 nitrogen and oxygen atoms in total. The van der Waals surface area contributed by atoms with Crippen molar-refractivity contribution in [1.29, 1.82) is 0 Å². The van der Waals surface area contributed by atoms with Gasteiger partial charge < -0.3 is 15.3 Å². The molecule has 0 radical (unpaired) electrons. The monoisotopic (exact) mass is 320 g/mol. The highest BCUT2D eigenvalue weighted by Crippen LogP contribution is 2.63. The van der Waals surface area contributed by atoms with Gasteiger partial charge in [0.25, 0.3) is 0 Å². The summed E-state index contributed by atoms with van der Waals surface area (Å²) in [5, 5.41) is 32.8. The number of aliphatic hydroxyl groups excluding tert-OH is 3. The topological polar surface area (TPSA) is 60.7 Å². The SMILES string of the molecule is C=C[C@@]1(C)C[C@@H](O)[C@H]2C(=C[C@H](O)[C@H]3C(C)(C)CCC[C@]23C)[C@H]1O. The van der Waals surface area contributed by atoms with E-state index in [-0.39, 0.29) is 22.7 Å². The number of aliphatic hydroxyl groups is 3. The molecule has 3 heteroatoms. The van der Waals surface area contributed by atoms with E-state index in [2.05, 4.69) is 27.4 Å². The first-order chi connectivity index (χ1) is 10.6. The van der Waals surface area contributed by atoms with Gasteiger partial charge in [-0.3, -0.25) is 0 Å². The largest absolute Gasteiger partial charge is 0.392 e. The Labute approximate surface area is 140 Å². The second kappa shape index (κ2) is 5.18. The van der Waals surface area contributed by atoms with E-state index < -0.39 is 23.7 Å². The van der Waals surface area contributed by atoms with Crippen LogP contribution in [0.3, 0.4) is 0 Å². The minimum absolute atomic E-state index is 0.0400. The van der Waals surface area contributed by atoms with Gasteiger partial charge in [0.15, 0.2) is 0 Å². The Kier molecular flexibility index (Phi) is 3.87. The van der Waals surface area contributed by atoms with Gasteiger partial charge in [0, 0.05) is 11.3 Å². The summed E-state index contributed by atoms with van der Waals surface area (Å²) in [6, 6.07) is 0. The second-order valence-electron chi connectivity index (χ2n) is 9.34. The van der Waals surface area contributed by atoms with Gasteiger partial charge in [0.2, 0.25) is 0 Å². The average Bonchev–Trinajstić information content (AvgIpc) is 2.42. The lowest BCUT2D eigenvalue weighted by molar-refractivity contribution is -0.146. The van der Waals surface area contributed by atoms with Gasteiger partial charge in [-0.25, -0.2) is 0 Å². The summed E-state index contributed by atoms with van der Waals surface area (Å²) in [5.41, 5.74) is 0.163. The zero-order valence-electron chi connectivity index (χ0n) is 14.9. The summed E-state index contributed by atoms with van der Waals surface area (Å²) in [7, 11) is 0. The fourth-order valence-electron chi connectivity index (χ4n) is 6.29. The molecular weight excluding hydrogens is 288 g/mol.